The molecule has 0 aliphatic heterocycles. The van der Waals surface area contributed by atoms with Crippen LogP contribution in [0.5, 0.6) is 0 Å². The fourth-order valence-corrected chi connectivity index (χ4v) is 3.30. The molecule has 2 atom stereocenters. The second kappa shape index (κ2) is 5.89. The molecular weight excluding hydrogens is 224 g/mol. The Labute approximate surface area is 110 Å². The van der Waals surface area contributed by atoms with Gasteiger partial charge in [-0.05, 0) is 37.9 Å². The van der Waals surface area contributed by atoms with Gasteiger partial charge >= 0.3 is 0 Å². The van der Waals surface area contributed by atoms with E-state index in [1.54, 1.807) is 6.26 Å². The fourth-order valence-electron chi connectivity index (χ4n) is 3.30. The summed E-state index contributed by atoms with van der Waals surface area (Å²) in [6.07, 6.45) is 8.14. The molecule has 1 aliphatic rings. The van der Waals surface area contributed by atoms with Crippen LogP contribution in [0.2, 0.25) is 0 Å². The van der Waals surface area contributed by atoms with Crippen LogP contribution < -0.4 is 5.73 Å². The van der Waals surface area contributed by atoms with Gasteiger partial charge in [0, 0.05) is 12.1 Å². The van der Waals surface area contributed by atoms with Crippen LogP contribution in [0, 0.1) is 5.92 Å². The minimum atomic E-state index is 0.172. The van der Waals surface area contributed by atoms with Gasteiger partial charge in [-0.2, -0.15) is 0 Å². The number of rotatable bonds is 5. The maximum atomic E-state index is 6.11. The summed E-state index contributed by atoms with van der Waals surface area (Å²) in [6.45, 7) is 3.91. The lowest BCUT2D eigenvalue weighted by molar-refractivity contribution is 0.0455. The predicted molar refractivity (Wildman–Crippen MR) is 74.2 cm³/mol. The van der Waals surface area contributed by atoms with Gasteiger partial charge in [-0.15, -0.1) is 0 Å². The zero-order valence-electron chi connectivity index (χ0n) is 11.7. The lowest BCUT2D eigenvalue weighted by atomic mass is 9.74. The van der Waals surface area contributed by atoms with E-state index in [9.17, 15) is 0 Å². The van der Waals surface area contributed by atoms with Crippen LogP contribution in [0.4, 0.5) is 0 Å². The van der Waals surface area contributed by atoms with Gasteiger partial charge in [0.25, 0.3) is 0 Å². The molecule has 0 spiro atoms. The maximum absolute atomic E-state index is 6.11. The molecule has 1 saturated carbocycles. The van der Waals surface area contributed by atoms with E-state index in [4.69, 9.17) is 10.2 Å². The highest BCUT2D eigenvalue weighted by Gasteiger charge is 2.38. The fraction of sp³-hybridized carbons (Fsp3) is 0.733. The first-order valence-corrected chi connectivity index (χ1v) is 7.14. The van der Waals surface area contributed by atoms with E-state index in [-0.39, 0.29) is 5.54 Å². The zero-order valence-corrected chi connectivity index (χ0v) is 11.7. The van der Waals surface area contributed by atoms with E-state index in [0.717, 1.165) is 24.8 Å². The van der Waals surface area contributed by atoms with Gasteiger partial charge in [0.2, 0.25) is 0 Å². The largest absolute Gasteiger partial charge is 0.468 e. The van der Waals surface area contributed by atoms with Crippen molar-refractivity contribution in [1.29, 1.82) is 0 Å². The lowest BCUT2D eigenvalue weighted by Gasteiger charge is -2.46. The average molecular weight is 250 g/mol. The summed E-state index contributed by atoms with van der Waals surface area (Å²) >= 11 is 0. The molecule has 0 radical (unpaired) electrons. The summed E-state index contributed by atoms with van der Waals surface area (Å²) in [4.78, 5) is 2.41. The van der Waals surface area contributed by atoms with Gasteiger partial charge in [0.1, 0.15) is 5.76 Å². The number of nitrogens with two attached hydrogens (primary N) is 1. The average Bonchev–Trinajstić information content (AvgIpc) is 2.91. The highest BCUT2D eigenvalue weighted by molar-refractivity contribution is 5.02. The molecule has 0 saturated heterocycles. The number of likely N-dealkylation sites (N-methyl/N-ethyl adjacent to an activating group) is 1. The van der Waals surface area contributed by atoms with Gasteiger partial charge in [-0.3, -0.25) is 4.90 Å². The number of nitrogens with zero attached hydrogens (tertiary/aromatic N) is 1. The molecule has 102 valence electrons. The molecule has 0 amide bonds. The summed E-state index contributed by atoms with van der Waals surface area (Å²) in [5.74, 6) is 1.87. The van der Waals surface area contributed by atoms with Gasteiger partial charge in [-0.25, -0.2) is 0 Å². The van der Waals surface area contributed by atoms with Crippen LogP contribution in [0.25, 0.3) is 0 Å². The number of furan rings is 1. The highest BCUT2D eigenvalue weighted by atomic mass is 16.3. The van der Waals surface area contributed by atoms with E-state index in [0.29, 0.717) is 0 Å². The van der Waals surface area contributed by atoms with Crippen molar-refractivity contribution in [3.8, 4) is 0 Å². The van der Waals surface area contributed by atoms with E-state index < -0.39 is 0 Å². The molecule has 18 heavy (non-hydrogen) atoms. The van der Waals surface area contributed by atoms with Crippen LogP contribution in [-0.4, -0.2) is 24.0 Å². The molecule has 1 fully saturated rings. The standard InChI is InChI=1S/C15H26N2O/c1-3-13-6-4-8-15(10-13,12-16)17(2)11-14-7-5-9-18-14/h5,7,9,13H,3-4,6,8,10-12,16H2,1-2H3. The SMILES string of the molecule is CCC1CCCC(CN)(N(C)Cc2ccco2)C1. The predicted octanol–water partition coefficient (Wildman–Crippen LogP) is 3.01. The Bertz CT molecular complexity index is 349. The van der Waals surface area contributed by atoms with E-state index in [2.05, 4.69) is 18.9 Å². The van der Waals surface area contributed by atoms with Crippen molar-refractivity contribution in [3.63, 3.8) is 0 Å². The third kappa shape index (κ3) is 2.78. The third-order valence-corrected chi connectivity index (χ3v) is 4.66. The van der Waals surface area contributed by atoms with Crippen molar-refractivity contribution in [2.24, 2.45) is 11.7 Å². The zero-order chi connectivity index (χ0) is 13.0. The molecule has 2 N–H and O–H groups in total. The molecule has 2 rings (SSSR count). The van der Waals surface area contributed by atoms with Crippen molar-refractivity contribution in [2.45, 2.75) is 51.1 Å². The minimum absolute atomic E-state index is 0.172. The topological polar surface area (TPSA) is 42.4 Å². The second-order valence-corrected chi connectivity index (χ2v) is 5.73. The summed E-state index contributed by atoms with van der Waals surface area (Å²) in [5, 5.41) is 0. The van der Waals surface area contributed by atoms with E-state index >= 15 is 0 Å². The minimum Gasteiger partial charge on any atom is -0.468 e. The van der Waals surface area contributed by atoms with Gasteiger partial charge in [0.05, 0.1) is 12.8 Å². The molecule has 1 aromatic heterocycles. The van der Waals surface area contributed by atoms with Crippen molar-refractivity contribution >= 4 is 0 Å². The Balaban J connectivity index is 2.05. The first-order chi connectivity index (χ1) is 8.70. The summed E-state index contributed by atoms with van der Waals surface area (Å²) in [5.41, 5.74) is 6.29. The molecule has 1 aliphatic carbocycles. The smallest absolute Gasteiger partial charge is 0.117 e. The molecular formula is C15H26N2O. The van der Waals surface area contributed by atoms with Crippen molar-refractivity contribution in [1.82, 2.24) is 4.90 Å². The normalized spacial score (nSPS) is 28.8. The molecule has 0 aromatic carbocycles. The molecule has 3 heteroatoms. The molecule has 3 nitrogen and oxygen atoms in total. The van der Waals surface area contributed by atoms with Gasteiger partial charge in [0.15, 0.2) is 0 Å². The Kier molecular flexibility index (Phi) is 4.46. The molecule has 0 bridgehead atoms. The quantitative estimate of drug-likeness (QED) is 0.873. The third-order valence-electron chi connectivity index (χ3n) is 4.66. The van der Waals surface area contributed by atoms with Crippen LogP contribution >= 0.6 is 0 Å². The van der Waals surface area contributed by atoms with Gasteiger partial charge in [-0.1, -0.05) is 26.2 Å². The second-order valence-electron chi connectivity index (χ2n) is 5.73. The van der Waals surface area contributed by atoms with E-state index in [1.165, 1.54) is 32.1 Å². The summed E-state index contributed by atoms with van der Waals surface area (Å²) < 4.78 is 5.46. The van der Waals surface area contributed by atoms with Crippen molar-refractivity contribution < 1.29 is 4.42 Å². The lowest BCUT2D eigenvalue weighted by Crippen LogP contribution is -2.54. The van der Waals surface area contributed by atoms with Crippen molar-refractivity contribution in [2.75, 3.05) is 13.6 Å². The molecule has 1 heterocycles. The Morgan fingerprint density at radius 3 is 3.00 bits per heavy atom. The highest BCUT2D eigenvalue weighted by Crippen LogP contribution is 2.37. The number of hydrogen-bond donors (Lipinski definition) is 1. The van der Waals surface area contributed by atoms with Gasteiger partial charge < -0.3 is 10.2 Å². The van der Waals surface area contributed by atoms with Crippen LogP contribution in [-0.2, 0) is 6.54 Å². The Hall–Kier alpha value is -0.800. The monoisotopic (exact) mass is 250 g/mol. The summed E-state index contributed by atoms with van der Waals surface area (Å²) in [7, 11) is 2.19. The van der Waals surface area contributed by atoms with E-state index in [1.807, 2.05) is 12.1 Å². The Morgan fingerprint density at radius 1 is 1.56 bits per heavy atom. The first-order valence-electron chi connectivity index (χ1n) is 7.14. The van der Waals surface area contributed by atoms with Crippen LogP contribution in [0.1, 0.15) is 44.8 Å². The number of hydrogen-bond acceptors (Lipinski definition) is 3. The van der Waals surface area contributed by atoms with Crippen molar-refractivity contribution in [3.05, 3.63) is 24.2 Å². The summed E-state index contributed by atoms with van der Waals surface area (Å²) in [6, 6.07) is 3.99. The van der Waals surface area contributed by atoms with Crippen LogP contribution in [0.3, 0.4) is 0 Å². The first kappa shape index (κ1) is 13.6. The molecule has 2 unspecified atom stereocenters. The Morgan fingerprint density at radius 2 is 2.39 bits per heavy atom. The maximum Gasteiger partial charge on any atom is 0.117 e. The molecule has 1 aromatic rings. The van der Waals surface area contributed by atoms with Crippen LogP contribution in [0.15, 0.2) is 22.8 Å².